The second-order valence-electron chi connectivity index (χ2n) is 9.21. The quantitative estimate of drug-likeness (QED) is 0.805. The maximum Gasteiger partial charge on any atom is 0.280 e. The van der Waals surface area contributed by atoms with Gasteiger partial charge in [-0.05, 0) is 42.9 Å². The van der Waals surface area contributed by atoms with Gasteiger partial charge in [0, 0.05) is 14.1 Å². The van der Waals surface area contributed by atoms with Crippen molar-refractivity contribution < 1.29 is 18.1 Å². The summed E-state index contributed by atoms with van der Waals surface area (Å²) in [6, 6.07) is 3.84. The smallest absolute Gasteiger partial charge is 0.280 e. The summed E-state index contributed by atoms with van der Waals surface area (Å²) in [5, 5.41) is 0. The number of hydrogen-bond acceptors (Lipinski definition) is 3. The number of nitrogens with zero attached hydrogens (tertiary/aromatic N) is 2. The average molecular weight is 411 g/mol. The maximum atomic E-state index is 13.3. The van der Waals surface area contributed by atoms with Crippen LogP contribution in [0.5, 0.6) is 0 Å². The third kappa shape index (κ3) is 4.58. The van der Waals surface area contributed by atoms with Crippen LogP contribution in [-0.2, 0) is 20.2 Å². The van der Waals surface area contributed by atoms with Crippen LogP contribution < -0.4 is 4.90 Å². The monoisotopic (exact) mass is 410 g/mol. The third-order valence-electron chi connectivity index (χ3n) is 5.71. The van der Waals surface area contributed by atoms with Crippen LogP contribution in [0.1, 0.15) is 44.4 Å². The van der Waals surface area contributed by atoms with Gasteiger partial charge in [0.2, 0.25) is 10.0 Å². The Morgan fingerprint density at radius 3 is 1.96 bits per heavy atom. The van der Waals surface area contributed by atoms with Gasteiger partial charge in [-0.2, -0.15) is 4.31 Å². The van der Waals surface area contributed by atoms with Gasteiger partial charge in [0.05, 0.1) is 31.1 Å². The lowest BCUT2D eigenvalue weighted by molar-refractivity contribution is -0.917. The number of rotatable bonds is 4. The minimum Gasteiger partial charge on any atom is -0.344 e. The van der Waals surface area contributed by atoms with Crippen LogP contribution >= 0.6 is 0 Å². The molecular formula is C21H36N3O3S+. The maximum absolute atomic E-state index is 13.3. The largest absolute Gasteiger partial charge is 0.344 e. The second-order valence-corrected chi connectivity index (χ2v) is 11.1. The fourth-order valence-corrected chi connectivity index (χ4v) is 5.78. The van der Waals surface area contributed by atoms with Crippen LogP contribution in [0.2, 0.25) is 0 Å². The van der Waals surface area contributed by atoms with Crippen molar-refractivity contribution in [2.75, 3.05) is 40.3 Å². The summed E-state index contributed by atoms with van der Waals surface area (Å²) in [6.45, 7) is 14.2. The van der Waals surface area contributed by atoms with Crippen molar-refractivity contribution in [2.24, 2.45) is 0 Å². The first-order valence-corrected chi connectivity index (χ1v) is 11.4. The molecule has 0 aromatic heterocycles. The van der Waals surface area contributed by atoms with Crippen LogP contribution in [0, 0.1) is 13.8 Å². The number of aryl methyl sites for hydroxylation is 2. The Labute approximate surface area is 170 Å². The molecule has 2 rings (SSSR count). The van der Waals surface area contributed by atoms with Crippen LogP contribution in [0.4, 0.5) is 0 Å². The van der Waals surface area contributed by atoms with Gasteiger partial charge in [-0.3, -0.25) is 4.79 Å². The number of benzene rings is 1. The summed E-state index contributed by atoms with van der Waals surface area (Å²) in [4.78, 5) is 15.4. The van der Waals surface area contributed by atoms with Gasteiger partial charge in [-0.25, -0.2) is 8.42 Å². The van der Waals surface area contributed by atoms with E-state index in [0.29, 0.717) is 31.1 Å². The summed E-state index contributed by atoms with van der Waals surface area (Å²) < 4.78 is 28.3. The first-order chi connectivity index (χ1) is 12.8. The molecule has 1 atom stereocenters. The summed E-state index contributed by atoms with van der Waals surface area (Å²) in [7, 11) is -0.0352. The molecule has 0 unspecified atom stereocenters. The lowest BCUT2D eigenvalue weighted by Gasteiger charge is -2.35. The van der Waals surface area contributed by atoms with E-state index in [-0.39, 0.29) is 17.4 Å². The van der Waals surface area contributed by atoms with Crippen LogP contribution in [0.15, 0.2) is 17.0 Å². The highest BCUT2D eigenvalue weighted by atomic mass is 32.2. The molecule has 6 nitrogen and oxygen atoms in total. The molecule has 0 radical (unpaired) electrons. The number of piperazine rings is 1. The van der Waals surface area contributed by atoms with Crippen molar-refractivity contribution in [1.82, 2.24) is 9.21 Å². The molecular weight excluding hydrogens is 374 g/mol. The fraction of sp³-hybridized carbons (Fsp3) is 0.667. The summed E-state index contributed by atoms with van der Waals surface area (Å²) >= 11 is 0. The number of carbonyl (C=O) groups is 1. The van der Waals surface area contributed by atoms with E-state index in [9.17, 15) is 13.2 Å². The minimum atomic E-state index is -3.55. The first-order valence-electron chi connectivity index (χ1n) is 9.94. The Balaban J connectivity index is 2.23. The van der Waals surface area contributed by atoms with Crippen molar-refractivity contribution >= 4 is 15.9 Å². The molecule has 0 spiro atoms. The van der Waals surface area contributed by atoms with Crippen molar-refractivity contribution in [2.45, 2.75) is 57.9 Å². The zero-order valence-corrected chi connectivity index (χ0v) is 19.4. The molecule has 1 amide bonds. The number of sulfonamides is 1. The highest BCUT2D eigenvalue weighted by molar-refractivity contribution is 7.89. The zero-order valence-electron chi connectivity index (χ0n) is 18.6. The van der Waals surface area contributed by atoms with Crippen LogP contribution in [0.3, 0.4) is 0 Å². The molecule has 1 aliphatic heterocycles. The number of nitrogens with one attached hydrogen (secondary N) is 1. The number of likely N-dealkylation sites (N-methyl/N-ethyl adjacent to an activating group) is 1. The van der Waals surface area contributed by atoms with Gasteiger partial charge in [0.1, 0.15) is 0 Å². The van der Waals surface area contributed by atoms with Crippen molar-refractivity contribution in [1.29, 1.82) is 0 Å². The molecule has 1 fully saturated rings. The van der Waals surface area contributed by atoms with Crippen LogP contribution in [0.25, 0.3) is 0 Å². The molecule has 0 bridgehead atoms. The van der Waals surface area contributed by atoms with Crippen molar-refractivity contribution in [3.8, 4) is 0 Å². The predicted molar refractivity (Wildman–Crippen MR) is 112 cm³/mol. The second kappa shape index (κ2) is 8.13. The third-order valence-corrected chi connectivity index (χ3v) is 7.92. The molecule has 1 aliphatic rings. The molecule has 1 N–H and O–H groups in total. The number of carbonyl (C=O) groups excluding carboxylic acids is 1. The number of hydrogen-bond donors (Lipinski definition) is 1. The number of amides is 1. The molecule has 0 saturated carbocycles. The van der Waals surface area contributed by atoms with Gasteiger partial charge in [0.25, 0.3) is 5.91 Å². The molecule has 0 aliphatic carbocycles. The van der Waals surface area contributed by atoms with E-state index in [1.54, 1.807) is 23.3 Å². The summed E-state index contributed by atoms with van der Waals surface area (Å²) in [5.74, 6) is 0.0794. The minimum absolute atomic E-state index is 0.0259. The van der Waals surface area contributed by atoms with Gasteiger partial charge in [-0.15, -0.1) is 0 Å². The van der Waals surface area contributed by atoms with E-state index in [1.165, 1.54) is 0 Å². The van der Waals surface area contributed by atoms with Gasteiger partial charge in [0.15, 0.2) is 6.04 Å². The molecule has 28 heavy (non-hydrogen) atoms. The van der Waals surface area contributed by atoms with Gasteiger partial charge < -0.3 is 9.80 Å². The lowest BCUT2D eigenvalue weighted by atomic mass is 9.85. The summed E-state index contributed by atoms with van der Waals surface area (Å²) in [5.41, 5.74) is 2.72. The van der Waals surface area contributed by atoms with Crippen LogP contribution in [-0.4, -0.2) is 69.8 Å². The Morgan fingerprint density at radius 1 is 1.11 bits per heavy atom. The molecule has 1 aromatic carbocycles. The highest BCUT2D eigenvalue weighted by Crippen LogP contribution is 2.30. The Morgan fingerprint density at radius 2 is 1.57 bits per heavy atom. The Hall–Kier alpha value is -1.44. The average Bonchev–Trinajstić information content (AvgIpc) is 2.58. The van der Waals surface area contributed by atoms with Gasteiger partial charge in [-0.1, -0.05) is 32.9 Å². The van der Waals surface area contributed by atoms with E-state index in [1.807, 2.05) is 32.9 Å². The summed E-state index contributed by atoms with van der Waals surface area (Å²) in [6.07, 6.45) is 0. The topological polar surface area (TPSA) is 62.1 Å². The first kappa shape index (κ1) is 22.8. The highest BCUT2D eigenvalue weighted by Gasteiger charge is 2.36. The lowest BCUT2D eigenvalue weighted by Crippen LogP contribution is -3.19. The predicted octanol–water partition coefficient (Wildman–Crippen LogP) is 0.967. The van der Waals surface area contributed by atoms with Crippen molar-refractivity contribution in [3.05, 3.63) is 28.8 Å². The zero-order chi connectivity index (χ0) is 21.4. The molecule has 1 aromatic rings. The van der Waals surface area contributed by atoms with E-state index < -0.39 is 10.0 Å². The standard InChI is InChI=1S/C21H35N3O3S/c1-15-13-18(21(4,5)6)14-16(2)19(15)28(26,27)24-11-9-23(10-12-24)17(3)20(25)22(7)8/h13-14,17H,9-12H2,1-8H3/p+1/t17-/m1/s1. The molecule has 1 heterocycles. The molecule has 1 saturated heterocycles. The van der Waals surface area contributed by atoms with Crippen molar-refractivity contribution in [3.63, 3.8) is 0 Å². The normalized spacial score (nSPS) is 18.1. The van der Waals surface area contributed by atoms with E-state index in [2.05, 4.69) is 20.8 Å². The van der Waals surface area contributed by atoms with E-state index in [0.717, 1.165) is 21.6 Å². The van der Waals surface area contributed by atoms with E-state index in [4.69, 9.17) is 0 Å². The number of quaternary nitrogens is 1. The molecule has 158 valence electrons. The van der Waals surface area contributed by atoms with E-state index >= 15 is 0 Å². The fourth-order valence-electron chi connectivity index (χ4n) is 3.93. The Bertz CT molecular complexity index is 810. The van der Waals surface area contributed by atoms with Gasteiger partial charge >= 0.3 is 0 Å². The SMILES string of the molecule is Cc1cc(C(C)(C)C)cc(C)c1S(=O)(=O)N1CC[NH+]([C@H](C)C(=O)N(C)C)CC1. The Kier molecular flexibility index (Phi) is 6.63. The molecule has 7 heteroatoms.